The minimum Gasteiger partial charge on any atom is -0.394 e. The maximum Gasteiger partial charge on any atom is 0.244 e. The number of benzene rings is 1. The highest BCUT2D eigenvalue weighted by Crippen LogP contribution is 2.66. The van der Waals surface area contributed by atoms with Gasteiger partial charge in [0.15, 0.2) is 0 Å². The summed E-state index contributed by atoms with van der Waals surface area (Å²) in [6.07, 6.45) is 1.54. The van der Waals surface area contributed by atoms with Crippen LogP contribution in [0.25, 0.3) is 0 Å². The molecule has 3 aliphatic heterocycles. The molecule has 4 rings (SSSR count). The van der Waals surface area contributed by atoms with Crippen molar-refractivity contribution in [2.24, 2.45) is 11.8 Å². The van der Waals surface area contributed by atoms with Crippen molar-refractivity contribution in [3.05, 3.63) is 35.9 Å². The number of aliphatic hydroxyl groups is 1. The first-order valence-corrected chi connectivity index (χ1v) is 11.0. The highest BCUT2D eigenvalue weighted by Gasteiger charge is 2.73. The van der Waals surface area contributed by atoms with Gasteiger partial charge in [0, 0.05) is 18.8 Å². The second-order valence-corrected chi connectivity index (χ2v) is 9.75. The molecule has 0 aliphatic carbocycles. The predicted molar refractivity (Wildman–Crippen MR) is 110 cm³/mol. The van der Waals surface area contributed by atoms with Gasteiger partial charge in [0.05, 0.1) is 29.2 Å². The highest BCUT2D eigenvalue weighted by molar-refractivity contribution is 8.02. The van der Waals surface area contributed by atoms with Gasteiger partial charge in [0.2, 0.25) is 17.7 Å². The third kappa shape index (κ3) is 3.04. The first kappa shape index (κ1) is 20.2. The van der Waals surface area contributed by atoms with Crippen LogP contribution in [-0.2, 0) is 20.9 Å². The normalized spacial score (nSPS) is 33.5. The largest absolute Gasteiger partial charge is 0.394 e. The number of hydrogen-bond donors (Lipinski definition) is 3. The van der Waals surface area contributed by atoms with E-state index in [0.29, 0.717) is 6.54 Å². The lowest BCUT2D eigenvalue weighted by Gasteiger charge is -2.36. The van der Waals surface area contributed by atoms with E-state index in [1.54, 1.807) is 25.7 Å². The van der Waals surface area contributed by atoms with E-state index in [0.717, 1.165) is 18.4 Å². The van der Waals surface area contributed by atoms with E-state index in [2.05, 4.69) is 10.6 Å². The molecule has 29 heavy (non-hydrogen) atoms. The molecule has 3 heterocycles. The minimum atomic E-state index is -0.685. The van der Waals surface area contributed by atoms with Gasteiger partial charge in [-0.2, -0.15) is 0 Å². The number of thioether (sulfide) groups is 1. The summed E-state index contributed by atoms with van der Waals surface area (Å²) in [5, 5.41) is 15.5. The number of nitrogens with zero attached hydrogens (tertiary/aromatic N) is 1. The molecule has 1 aromatic rings. The highest BCUT2D eigenvalue weighted by atomic mass is 32.2. The van der Waals surface area contributed by atoms with Crippen LogP contribution in [0.1, 0.15) is 25.3 Å². The fourth-order valence-electron chi connectivity index (χ4n) is 5.30. The van der Waals surface area contributed by atoms with E-state index in [9.17, 15) is 19.5 Å². The summed E-state index contributed by atoms with van der Waals surface area (Å²) in [5.74, 6) is -1.48. The molecule has 0 radical (unpaired) electrons. The van der Waals surface area contributed by atoms with Crippen molar-refractivity contribution in [3.63, 3.8) is 0 Å². The van der Waals surface area contributed by atoms with E-state index in [1.165, 1.54) is 4.90 Å². The molecular weight excluding hydrogens is 390 g/mol. The lowest BCUT2D eigenvalue weighted by Crippen LogP contribution is -2.55. The van der Waals surface area contributed by atoms with Crippen LogP contribution in [0, 0.1) is 11.8 Å². The molecule has 3 amide bonds. The molecule has 156 valence electrons. The third-order valence-electron chi connectivity index (χ3n) is 6.58. The molecule has 2 unspecified atom stereocenters. The molecule has 3 saturated heterocycles. The maximum atomic E-state index is 13.4. The quantitative estimate of drug-likeness (QED) is 0.627. The van der Waals surface area contributed by atoms with Crippen molar-refractivity contribution in [1.29, 1.82) is 0 Å². The molecule has 0 saturated carbocycles. The summed E-state index contributed by atoms with van der Waals surface area (Å²) in [6.45, 7) is 1.90. The smallest absolute Gasteiger partial charge is 0.244 e. The zero-order valence-electron chi connectivity index (χ0n) is 16.6. The van der Waals surface area contributed by atoms with Crippen LogP contribution < -0.4 is 10.6 Å². The van der Waals surface area contributed by atoms with Gasteiger partial charge in [-0.15, -0.1) is 11.8 Å². The van der Waals surface area contributed by atoms with Crippen molar-refractivity contribution in [2.45, 2.75) is 48.4 Å². The number of fused-ring (bicyclic) bond motifs is 1. The molecule has 6 atom stereocenters. The molecule has 1 spiro atoms. The zero-order chi connectivity index (χ0) is 20.8. The summed E-state index contributed by atoms with van der Waals surface area (Å²) < 4.78 is -0.608. The van der Waals surface area contributed by atoms with E-state index >= 15 is 0 Å². The van der Waals surface area contributed by atoms with Crippen LogP contribution >= 0.6 is 11.8 Å². The Morgan fingerprint density at radius 2 is 2.03 bits per heavy atom. The summed E-state index contributed by atoms with van der Waals surface area (Å²) in [5.41, 5.74) is 0.979. The van der Waals surface area contributed by atoms with E-state index in [4.69, 9.17) is 0 Å². The Labute approximate surface area is 174 Å². The first-order chi connectivity index (χ1) is 13.9. The maximum absolute atomic E-state index is 13.4. The Morgan fingerprint density at radius 3 is 2.69 bits per heavy atom. The average molecular weight is 418 g/mol. The molecular formula is C21H27N3O4S. The van der Waals surface area contributed by atoms with Crippen LogP contribution in [0.5, 0.6) is 0 Å². The Kier molecular flexibility index (Phi) is 5.33. The fraction of sp³-hybridized carbons (Fsp3) is 0.571. The number of amides is 3. The van der Waals surface area contributed by atoms with Gasteiger partial charge in [-0.25, -0.2) is 0 Å². The van der Waals surface area contributed by atoms with E-state index in [-0.39, 0.29) is 29.6 Å². The number of aliphatic hydroxyl groups excluding tert-OH is 1. The van der Waals surface area contributed by atoms with Crippen molar-refractivity contribution in [3.8, 4) is 0 Å². The van der Waals surface area contributed by atoms with Gasteiger partial charge >= 0.3 is 0 Å². The second-order valence-electron chi connectivity index (χ2n) is 8.15. The van der Waals surface area contributed by atoms with Gasteiger partial charge in [-0.3, -0.25) is 14.4 Å². The Bertz CT molecular complexity index is 819. The molecule has 3 aliphatic rings. The molecule has 0 aromatic heterocycles. The zero-order valence-corrected chi connectivity index (χ0v) is 17.4. The Balaban J connectivity index is 1.66. The summed E-state index contributed by atoms with van der Waals surface area (Å²) in [6, 6.07) is 8.45. The fourth-order valence-corrected chi connectivity index (χ4v) is 7.51. The summed E-state index contributed by atoms with van der Waals surface area (Å²) >= 11 is 1.63. The summed E-state index contributed by atoms with van der Waals surface area (Å²) in [4.78, 5) is 40.9. The van der Waals surface area contributed by atoms with Crippen LogP contribution in [0.4, 0.5) is 0 Å². The standard InChI is InChI=1S/C21H27N3O4S/c1-12(11-25)24-17(19(27)23-10-13-6-4-3-5-7-13)21-9-8-14(29-21)15(18(26)22-2)16(21)20(24)28/h3-7,12,14-17,25H,8-11H2,1-2H3,(H,22,26)(H,23,27)/t12-,14+,15-,16+,17?,21?/m1/s1. The van der Waals surface area contributed by atoms with Gasteiger partial charge in [-0.1, -0.05) is 30.3 Å². The number of likely N-dealkylation sites (tertiary alicyclic amines) is 1. The van der Waals surface area contributed by atoms with Crippen LogP contribution in [0.3, 0.4) is 0 Å². The summed E-state index contributed by atoms with van der Waals surface area (Å²) in [7, 11) is 1.59. The molecule has 3 N–H and O–H groups in total. The van der Waals surface area contributed by atoms with E-state index < -0.39 is 28.7 Å². The number of hydrogen-bond acceptors (Lipinski definition) is 5. The van der Waals surface area contributed by atoms with Gasteiger partial charge in [0.25, 0.3) is 0 Å². The molecule has 8 heteroatoms. The third-order valence-corrected chi connectivity index (χ3v) is 8.54. The Morgan fingerprint density at radius 1 is 1.31 bits per heavy atom. The first-order valence-electron chi connectivity index (χ1n) is 10.1. The van der Waals surface area contributed by atoms with E-state index in [1.807, 2.05) is 30.3 Å². The molecule has 7 nitrogen and oxygen atoms in total. The van der Waals surface area contributed by atoms with Gasteiger partial charge in [0.1, 0.15) is 6.04 Å². The predicted octanol–water partition coefficient (Wildman–Crippen LogP) is 0.521. The Hall–Kier alpha value is -2.06. The number of carbonyl (C=O) groups is 3. The van der Waals surface area contributed by atoms with Crippen LogP contribution in [0.2, 0.25) is 0 Å². The number of rotatable bonds is 6. The lowest BCUT2D eigenvalue weighted by atomic mass is 9.71. The van der Waals surface area contributed by atoms with Crippen molar-refractivity contribution < 1.29 is 19.5 Å². The number of nitrogens with one attached hydrogen (secondary N) is 2. The lowest BCUT2D eigenvalue weighted by molar-refractivity contribution is -0.142. The van der Waals surface area contributed by atoms with Crippen molar-refractivity contribution in [2.75, 3.05) is 13.7 Å². The van der Waals surface area contributed by atoms with Gasteiger partial charge in [-0.05, 0) is 25.3 Å². The van der Waals surface area contributed by atoms with Gasteiger partial charge < -0.3 is 20.6 Å². The minimum absolute atomic E-state index is 0.0555. The van der Waals surface area contributed by atoms with Crippen molar-refractivity contribution in [1.82, 2.24) is 15.5 Å². The molecule has 2 bridgehead atoms. The number of carbonyl (C=O) groups excluding carboxylic acids is 3. The SMILES string of the molecule is CNC(=O)[C@@H]1[C@@H]2CCC3(S2)C(C(=O)NCc2ccccc2)N([C@H](C)CO)C(=O)[C@H]13. The second kappa shape index (κ2) is 7.65. The monoisotopic (exact) mass is 417 g/mol. The average Bonchev–Trinajstić information content (AvgIpc) is 3.39. The van der Waals surface area contributed by atoms with Crippen LogP contribution in [-0.4, -0.2) is 63.5 Å². The molecule has 3 fully saturated rings. The molecule has 1 aromatic carbocycles. The van der Waals surface area contributed by atoms with Crippen LogP contribution in [0.15, 0.2) is 30.3 Å². The topological polar surface area (TPSA) is 98.7 Å². The van der Waals surface area contributed by atoms with Crippen molar-refractivity contribution >= 4 is 29.5 Å².